The zero-order valence-electron chi connectivity index (χ0n) is 13.0. The van der Waals surface area contributed by atoms with Crippen molar-refractivity contribution in [3.8, 4) is 11.3 Å². The normalized spacial score (nSPS) is 11.0. The van der Waals surface area contributed by atoms with Gasteiger partial charge in [0, 0.05) is 23.3 Å². The largest absolute Gasteiger partial charge is 0.297 e. The zero-order valence-corrected chi connectivity index (χ0v) is 14.7. The van der Waals surface area contributed by atoms with E-state index in [2.05, 4.69) is 20.3 Å². The molecule has 0 unspecified atom stereocenters. The first kappa shape index (κ1) is 15.8. The van der Waals surface area contributed by atoms with Crippen molar-refractivity contribution in [3.63, 3.8) is 0 Å². The van der Waals surface area contributed by atoms with Crippen LogP contribution in [-0.4, -0.2) is 20.9 Å². The molecule has 3 aromatic rings. The number of aryl methyl sites for hydroxylation is 1. The van der Waals surface area contributed by atoms with E-state index < -0.39 is 0 Å². The Labute approximate surface area is 142 Å². The van der Waals surface area contributed by atoms with E-state index in [0.29, 0.717) is 10.0 Å². The number of thiazole rings is 2. The van der Waals surface area contributed by atoms with Crippen LogP contribution in [0.2, 0.25) is 0 Å². The first-order valence-corrected chi connectivity index (χ1v) is 8.89. The quantitative estimate of drug-likeness (QED) is 0.764. The number of anilines is 1. The van der Waals surface area contributed by atoms with Gasteiger partial charge in [0.2, 0.25) is 0 Å². The zero-order chi connectivity index (χ0) is 16.4. The number of carbonyl (C=O) groups is 1. The van der Waals surface area contributed by atoms with Gasteiger partial charge in [-0.25, -0.2) is 9.97 Å². The van der Waals surface area contributed by atoms with E-state index >= 15 is 0 Å². The van der Waals surface area contributed by atoms with Gasteiger partial charge in [-0.2, -0.15) is 0 Å². The van der Waals surface area contributed by atoms with Crippen LogP contribution in [-0.2, 0) is 0 Å². The second kappa shape index (κ2) is 6.55. The minimum Gasteiger partial charge on any atom is -0.297 e. The van der Waals surface area contributed by atoms with Gasteiger partial charge < -0.3 is 0 Å². The number of aromatic nitrogens is 3. The fourth-order valence-electron chi connectivity index (χ4n) is 2.14. The third kappa shape index (κ3) is 3.46. The van der Waals surface area contributed by atoms with Crippen molar-refractivity contribution in [2.24, 2.45) is 0 Å². The SMILES string of the molecule is Cc1nc(C(C)C)c(C(=O)Nc2nc(-c3ccncc3)cs2)s1. The van der Waals surface area contributed by atoms with Gasteiger partial charge in [0.25, 0.3) is 5.91 Å². The summed E-state index contributed by atoms with van der Waals surface area (Å²) in [6.45, 7) is 5.99. The van der Waals surface area contributed by atoms with Crippen LogP contribution in [0.25, 0.3) is 11.3 Å². The molecule has 0 bridgehead atoms. The summed E-state index contributed by atoms with van der Waals surface area (Å²) < 4.78 is 0. The molecule has 0 aliphatic heterocycles. The minimum absolute atomic E-state index is 0.144. The summed E-state index contributed by atoms with van der Waals surface area (Å²) in [5, 5.41) is 6.29. The van der Waals surface area contributed by atoms with E-state index in [1.807, 2.05) is 38.3 Å². The molecule has 5 nitrogen and oxygen atoms in total. The van der Waals surface area contributed by atoms with Crippen molar-refractivity contribution in [2.45, 2.75) is 26.7 Å². The summed E-state index contributed by atoms with van der Waals surface area (Å²) in [5.41, 5.74) is 2.65. The first-order valence-electron chi connectivity index (χ1n) is 7.19. The average Bonchev–Trinajstić information content (AvgIpc) is 3.15. The third-order valence-corrected chi connectivity index (χ3v) is 4.96. The van der Waals surface area contributed by atoms with Gasteiger partial charge in [0.1, 0.15) is 4.88 Å². The Hall–Kier alpha value is -2.12. The highest BCUT2D eigenvalue weighted by molar-refractivity contribution is 7.15. The highest BCUT2D eigenvalue weighted by Gasteiger charge is 2.20. The smallest absolute Gasteiger partial charge is 0.269 e. The molecule has 23 heavy (non-hydrogen) atoms. The van der Waals surface area contributed by atoms with E-state index in [1.54, 1.807) is 12.4 Å². The Morgan fingerprint density at radius 1 is 1.22 bits per heavy atom. The van der Waals surface area contributed by atoms with E-state index in [1.165, 1.54) is 22.7 Å². The Balaban J connectivity index is 1.80. The Morgan fingerprint density at radius 2 is 1.96 bits per heavy atom. The van der Waals surface area contributed by atoms with Crippen LogP contribution < -0.4 is 5.32 Å². The van der Waals surface area contributed by atoms with Crippen molar-refractivity contribution in [1.29, 1.82) is 0 Å². The predicted molar refractivity (Wildman–Crippen MR) is 94.2 cm³/mol. The van der Waals surface area contributed by atoms with Gasteiger partial charge in [-0.15, -0.1) is 22.7 Å². The molecule has 0 aliphatic rings. The van der Waals surface area contributed by atoms with Gasteiger partial charge in [-0.05, 0) is 25.0 Å². The number of nitrogens with zero attached hydrogens (tertiary/aromatic N) is 3. The lowest BCUT2D eigenvalue weighted by Crippen LogP contribution is -2.12. The number of carbonyl (C=O) groups excluding carboxylic acids is 1. The van der Waals surface area contributed by atoms with Crippen molar-refractivity contribution in [3.05, 3.63) is 45.5 Å². The molecular weight excluding hydrogens is 328 g/mol. The lowest BCUT2D eigenvalue weighted by Gasteiger charge is -2.04. The summed E-state index contributed by atoms with van der Waals surface area (Å²) in [7, 11) is 0. The Morgan fingerprint density at radius 3 is 2.65 bits per heavy atom. The highest BCUT2D eigenvalue weighted by Crippen LogP contribution is 2.28. The first-order chi connectivity index (χ1) is 11.0. The number of hydrogen-bond acceptors (Lipinski definition) is 6. The second-order valence-electron chi connectivity index (χ2n) is 5.33. The summed E-state index contributed by atoms with van der Waals surface area (Å²) in [6, 6.07) is 3.79. The van der Waals surface area contributed by atoms with Gasteiger partial charge in [0.15, 0.2) is 5.13 Å². The Bertz CT molecular complexity index is 824. The van der Waals surface area contributed by atoms with Crippen LogP contribution in [0.4, 0.5) is 5.13 Å². The molecule has 1 N–H and O–H groups in total. The number of rotatable bonds is 4. The monoisotopic (exact) mass is 344 g/mol. The Kier molecular flexibility index (Phi) is 4.49. The molecular formula is C16H16N4OS2. The fourth-order valence-corrected chi connectivity index (χ4v) is 3.82. The van der Waals surface area contributed by atoms with Crippen LogP contribution in [0.5, 0.6) is 0 Å². The van der Waals surface area contributed by atoms with Crippen molar-refractivity contribution in [2.75, 3.05) is 5.32 Å². The topological polar surface area (TPSA) is 67.8 Å². The molecule has 3 rings (SSSR count). The van der Waals surface area contributed by atoms with Gasteiger partial charge in [-0.1, -0.05) is 13.8 Å². The van der Waals surface area contributed by atoms with Crippen LogP contribution >= 0.6 is 22.7 Å². The van der Waals surface area contributed by atoms with E-state index in [9.17, 15) is 4.79 Å². The molecule has 0 saturated carbocycles. The number of hydrogen-bond donors (Lipinski definition) is 1. The summed E-state index contributed by atoms with van der Waals surface area (Å²) in [4.78, 5) is 26.1. The van der Waals surface area contributed by atoms with E-state index in [0.717, 1.165) is 22.0 Å². The molecule has 1 amide bonds. The molecule has 3 heterocycles. The molecule has 0 fully saturated rings. The lowest BCUT2D eigenvalue weighted by atomic mass is 10.1. The van der Waals surface area contributed by atoms with Gasteiger partial charge in [-0.3, -0.25) is 15.1 Å². The lowest BCUT2D eigenvalue weighted by molar-refractivity contribution is 0.102. The van der Waals surface area contributed by atoms with Crippen LogP contribution in [0, 0.1) is 6.92 Å². The molecule has 0 saturated heterocycles. The summed E-state index contributed by atoms with van der Waals surface area (Å²) >= 11 is 2.83. The molecule has 3 aromatic heterocycles. The molecule has 0 aliphatic carbocycles. The fraction of sp³-hybridized carbons (Fsp3) is 0.250. The van der Waals surface area contributed by atoms with Crippen LogP contribution in [0.1, 0.15) is 40.1 Å². The molecule has 7 heteroatoms. The van der Waals surface area contributed by atoms with Crippen LogP contribution in [0.3, 0.4) is 0 Å². The molecule has 0 aromatic carbocycles. The van der Waals surface area contributed by atoms with Crippen molar-refractivity contribution < 1.29 is 4.79 Å². The van der Waals surface area contributed by atoms with Gasteiger partial charge in [0.05, 0.1) is 16.4 Å². The number of pyridine rings is 1. The van der Waals surface area contributed by atoms with Gasteiger partial charge >= 0.3 is 0 Å². The van der Waals surface area contributed by atoms with Crippen LogP contribution in [0.15, 0.2) is 29.9 Å². The number of amides is 1. The maximum absolute atomic E-state index is 12.5. The standard InChI is InChI=1S/C16H16N4OS2/c1-9(2)13-14(23-10(3)18-13)15(21)20-16-19-12(8-22-16)11-4-6-17-7-5-11/h4-9H,1-3H3,(H,19,20,21). The second-order valence-corrected chi connectivity index (χ2v) is 7.39. The maximum atomic E-state index is 12.5. The minimum atomic E-state index is -0.144. The molecule has 0 radical (unpaired) electrons. The number of nitrogens with one attached hydrogen (secondary N) is 1. The molecule has 0 atom stereocenters. The van der Waals surface area contributed by atoms with Crippen molar-refractivity contribution in [1.82, 2.24) is 15.0 Å². The van der Waals surface area contributed by atoms with E-state index in [-0.39, 0.29) is 11.8 Å². The highest BCUT2D eigenvalue weighted by atomic mass is 32.1. The molecule has 0 spiro atoms. The van der Waals surface area contributed by atoms with E-state index in [4.69, 9.17) is 0 Å². The van der Waals surface area contributed by atoms with Crippen molar-refractivity contribution >= 4 is 33.7 Å². The predicted octanol–water partition coefficient (Wildman–Crippen LogP) is 4.35. The summed E-state index contributed by atoms with van der Waals surface area (Å²) in [6.07, 6.45) is 3.45. The molecule has 118 valence electrons. The average molecular weight is 344 g/mol. The third-order valence-electron chi connectivity index (χ3n) is 3.21. The summed E-state index contributed by atoms with van der Waals surface area (Å²) in [5.74, 6) is 0.0688. The maximum Gasteiger partial charge on any atom is 0.269 e.